The third kappa shape index (κ3) is 2.24. The molecule has 3 rings (SSSR count). The summed E-state index contributed by atoms with van der Waals surface area (Å²) in [4.78, 5) is 14.1. The molecule has 0 saturated carbocycles. The lowest BCUT2D eigenvalue weighted by molar-refractivity contribution is 0.0990. The van der Waals surface area contributed by atoms with Crippen LogP contribution in [0.25, 0.3) is 0 Å². The lowest BCUT2D eigenvalue weighted by Crippen LogP contribution is -2.29. The maximum atomic E-state index is 13.8. The predicted molar refractivity (Wildman–Crippen MR) is 77.7 cm³/mol. The second-order valence-electron chi connectivity index (χ2n) is 4.89. The molecule has 5 heteroatoms. The maximum absolute atomic E-state index is 13.8. The topological polar surface area (TPSA) is 32.3 Å². The number of halogens is 2. The molecular formula is C16H14F2N2O. The first kappa shape index (κ1) is 13.5. The van der Waals surface area contributed by atoms with Gasteiger partial charge >= 0.3 is 0 Å². The molecule has 0 aliphatic carbocycles. The van der Waals surface area contributed by atoms with Crippen LogP contribution in [0.4, 0.5) is 20.2 Å². The van der Waals surface area contributed by atoms with Crippen LogP contribution in [0.15, 0.2) is 36.4 Å². The van der Waals surface area contributed by atoms with Crippen LogP contribution in [0.1, 0.15) is 15.9 Å². The van der Waals surface area contributed by atoms with Gasteiger partial charge in [0.05, 0.1) is 16.9 Å². The number of hydrogen-bond donors (Lipinski definition) is 1. The number of benzene rings is 2. The van der Waals surface area contributed by atoms with Crippen LogP contribution in [-0.2, 0) is 6.42 Å². The molecule has 1 N–H and O–H groups in total. The van der Waals surface area contributed by atoms with Crippen LogP contribution in [0.5, 0.6) is 0 Å². The summed E-state index contributed by atoms with van der Waals surface area (Å²) in [6, 6.07) is 8.76. The van der Waals surface area contributed by atoms with Gasteiger partial charge in [-0.05, 0) is 36.2 Å². The van der Waals surface area contributed by atoms with E-state index in [0.717, 1.165) is 5.56 Å². The van der Waals surface area contributed by atoms with Gasteiger partial charge in [-0.1, -0.05) is 12.1 Å². The monoisotopic (exact) mass is 288 g/mol. The van der Waals surface area contributed by atoms with Gasteiger partial charge in [0.2, 0.25) is 0 Å². The molecular weight excluding hydrogens is 274 g/mol. The van der Waals surface area contributed by atoms with E-state index in [4.69, 9.17) is 0 Å². The van der Waals surface area contributed by atoms with E-state index in [-0.39, 0.29) is 23.0 Å². The van der Waals surface area contributed by atoms with Crippen molar-refractivity contribution in [3.63, 3.8) is 0 Å². The zero-order chi connectivity index (χ0) is 15.0. The number of amides is 1. The Bertz CT molecular complexity index is 715. The molecule has 0 radical (unpaired) electrons. The van der Waals surface area contributed by atoms with Crippen molar-refractivity contribution in [1.29, 1.82) is 0 Å². The Morgan fingerprint density at radius 1 is 1.24 bits per heavy atom. The number of carbonyl (C=O) groups excluding carboxylic acids is 1. The molecule has 0 aromatic heterocycles. The highest BCUT2D eigenvalue weighted by Gasteiger charge is 2.28. The molecule has 1 aliphatic rings. The molecule has 2 aromatic rings. The number of rotatable bonds is 2. The molecule has 3 nitrogen and oxygen atoms in total. The molecule has 0 atom stereocenters. The fourth-order valence-corrected chi connectivity index (χ4v) is 2.67. The van der Waals surface area contributed by atoms with E-state index in [1.165, 1.54) is 29.2 Å². The molecule has 0 saturated heterocycles. The first-order valence-electron chi connectivity index (χ1n) is 6.68. The van der Waals surface area contributed by atoms with Crippen molar-refractivity contribution in [3.8, 4) is 0 Å². The van der Waals surface area contributed by atoms with Crippen LogP contribution in [-0.4, -0.2) is 19.5 Å². The molecule has 21 heavy (non-hydrogen) atoms. The number of hydrogen-bond acceptors (Lipinski definition) is 2. The number of carbonyl (C=O) groups is 1. The largest absolute Gasteiger partial charge is 0.385 e. The Hall–Kier alpha value is -2.43. The number of nitrogens with zero attached hydrogens (tertiary/aromatic N) is 1. The van der Waals surface area contributed by atoms with Crippen LogP contribution >= 0.6 is 0 Å². The van der Waals surface area contributed by atoms with Crippen molar-refractivity contribution in [2.45, 2.75) is 6.42 Å². The summed E-state index contributed by atoms with van der Waals surface area (Å²) in [6.07, 6.45) is 0.672. The fraction of sp³-hybridized carbons (Fsp3) is 0.188. The standard InChI is InChI=1S/C16H14F2N2O/c1-19-15-12(3-2-4-13(15)18)16(21)20-8-7-10-5-6-11(17)9-14(10)20/h2-6,9,19H,7-8H2,1H3. The highest BCUT2D eigenvalue weighted by Crippen LogP contribution is 2.31. The third-order valence-corrected chi connectivity index (χ3v) is 3.68. The molecule has 108 valence electrons. The molecule has 0 spiro atoms. The van der Waals surface area contributed by atoms with E-state index >= 15 is 0 Å². The van der Waals surface area contributed by atoms with Gasteiger partial charge in [-0.15, -0.1) is 0 Å². The van der Waals surface area contributed by atoms with Gasteiger partial charge in [-0.3, -0.25) is 4.79 Å². The van der Waals surface area contributed by atoms with Gasteiger partial charge in [-0.25, -0.2) is 8.78 Å². The van der Waals surface area contributed by atoms with Gasteiger partial charge in [0.15, 0.2) is 0 Å². The highest BCUT2D eigenvalue weighted by atomic mass is 19.1. The molecule has 1 heterocycles. The van der Waals surface area contributed by atoms with Gasteiger partial charge in [0.25, 0.3) is 5.91 Å². The zero-order valence-corrected chi connectivity index (χ0v) is 11.5. The Labute approximate surface area is 121 Å². The summed E-state index contributed by atoms with van der Waals surface area (Å²) in [5.74, 6) is -1.20. The summed E-state index contributed by atoms with van der Waals surface area (Å²) >= 11 is 0. The first-order valence-corrected chi connectivity index (χ1v) is 6.68. The van der Waals surface area contributed by atoms with Crippen molar-refractivity contribution in [1.82, 2.24) is 0 Å². The highest BCUT2D eigenvalue weighted by molar-refractivity contribution is 6.10. The van der Waals surface area contributed by atoms with E-state index in [1.54, 1.807) is 19.2 Å². The van der Waals surface area contributed by atoms with Crippen LogP contribution < -0.4 is 10.2 Å². The average Bonchev–Trinajstić information content (AvgIpc) is 2.89. The molecule has 1 amide bonds. The Balaban J connectivity index is 2.02. The van der Waals surface area contributed by atoms with Crippen molar-refractivity contribution in [2.75, 3.05) is 23.8 Å². The predicted octanol–water partition coefficient (Wildman–Crippen LogP) is 3.21. The lowest BCUT2D eigenvalue weighted by atomic mass is 10.1. The molecule has 1 aliphatic heterocycles. The van der Waals surface area contributed by atoms with E-state index in [0.29, 0.717) is 18.7 Å². The number of para-hydroxylation sites is 1. The van der Waals surface area contributed by atoms with Crippen molar-refractivity contribution < 1.29 is 13.6 Å². The van der Waals surface area contributed by atoms with Crippen molar-refractivity contribution in [3.05, 3.63) is 59.2 Å². The Morgan fingerprint density at radius 2 is 2.05 bits per heavy atom. The molecule has 2 aromatic carbocycles. The van der Waals surface area contributed by atoms with E-state index in [2.05, 4.69) is 5.32 Å². The van der Waals surface area contributed by atoms with Crippen LogP contribution in [0, 0.1) is 11.6 Å². The maximum Gasteiger partial charge on any atom is 0.260 e. The van der Waals surface area contributed by atoms with Gasteiger partial charge < -0.3 is 10.2 Å². The minimum atomic E-state index is -0.484. The molecule has 0 fully saturated rings. The summed E-state index contributed by atoms with van der Waals surface area (Å²) in [6.45, 7) is 0.470. The minimum Gasteiger partial charge on any atom is -0.385 e. The SMILES string of the molecule is CNc1c(F)cccc1C(=O)N1CCc2ccc(F)cc21. The smallest absolute Gasteiger partial charge is 0.260 e. The van der Waals surface area contributed by atoms with Crippen LogP contribution in [0.3, 0.4) is 0 Å². The Kier molecular flexibility index (Phi) is 3.33. The van der Waals surface area contributed by atoms with Crippen molar-refractivity contribution >= 4 is 17.3 Å². The summed E-state index contributed by atoms with van der Waals surface area (Å²) in [7, 11) is 1.56. The number of fused-ring (bicyclic) bond motifs is 1. The summed E-state index contributed by atoms with van der Waals surface area (Å²) in [5.41, 5.74) is 1.89. The fourth-order valence-electron chi connectivity index (χ4n) is 2.67. The van der Waals surface area contributed by atoms with Gasteiger partial charge in [-0.2, -0.15) is 0 Å². The molecule has 0 bridgehead atoms. The van der Waals surface area contributed by atoms with Crippen LogP contribution in [0.2, 0.25) is 0 Å². The summed E-state index contributed by atoms with van der Waals surface area (Å²) in [5, 5.41) is 2.71. The normalized spacial score (nSPS) is 13.2. The third-order valence-electron chi connectivity index (χ3n) is 3.68. The van der Waals surface area contributed by atoms with E-state index in [9.17, 15) is 13.6 Å². The number of anilines is 2. The van der Waals surface area contributed by atoms with Gasteiger partial charge in [0, 0.05) is 13.6 Å². The van der Waals surface area contributed by atoms with E-state index < -0.39 is 5.82 Å². The second-order valence-corrected chi connectivity index (χ2v) is 4.89. The zero-order valence-electron chi connectivity index (χ0n) is 11.5. The lowest BCUT2D eigenvalue weighted by Gasteiger charge is -2.19. The average molecular weight is 288 g/mol. The quantitative estimate of drug-likeness (QED) is 0.920. The summed E-state index contributed by atoms with van der Waals surface area (Å²) < 4.78 is 27.2. The number of nitrogens with one attached hydrogen (secondary N) is 1. The van der Waals surface area contributed by atoms with Gasteiger partial charge in [0.1, 0.15) is 11.6 Å². The van der Waals surface area contributed by atoms with Crippen molar-refractivity contribution in [2.24, 2.45) is 0 Å². The first-order chi connectivity index (χ1) is 10.1. The molecule has 0 unspecified atom stereocenters. The Morgan fingerprint density at radius 3 is 2.81 bits per heavy atom. The van der Waals surface area contributed by atoms with E-state index in [1.807, 2.05) is 0 Å². The minimum absolute atomic E-state index is 0.160. The second kappa shape index (κ2) is 5.16.